The Morgan fingerprint density at radius 3 is 1.35 bits per heavy atom. The van der Waals surface area contributed by atoms with Crippen molar-refractivity contribution in [2.24, 2.45) is 0 Å². The van der Waals surface area contributed by atoms with Crippen LogP contribution in [0.1, 0.15) is 96.8 Å². The number of aliphatic hydroxyl groups excluding tert-OH is 13. The van der Waals surface area contributed by atoms with Gasteiger partial charge in [0.15, 0.2) is 37.7 Å². The van der Waals surface area contributed by atoms with Crippen molar-refractivity contribution in [3.8, 4) is 17.6 Å². The summed E-state index contributed by atoms with van der Waals surface area (Å²) in [5.41, 5.74) is 0.0342. The van der Waals surface area contributed by atoms with Crippen molar-refractivity contribution in [2.45, 2.75) is 270 Å². The number of hydrogen-bond donors (Lipinski definition) is 18. The number of rotatable bonds is 30. The Morgan fingerprint density at radius 1 is 0.465 bits per heavy atom. The van der Waals surface area contributed by atoms with E-state index in [4.69, 9.17) is 61.6 Å². The first kappa shape index (κ1) is 81.2. The van der Waals surface area contributed by atoms with Gasteiger partial charge in [-0.2, -0.15) is 0 Å². The Kier molecular flexibility index (Phi) is 31.5. The van der Waals surface area contributed by atoms with Crippen LogP contribution in [0.5, 0.6) is 5.75 Å². The smallest absolute Gasteiger partial charge is 0.251 e. The van der Waals surface area contributed by atoms with Gasteiger partial charge in [-0.1, -0.05) is 32.3 Å². The molecule has 6 fully saturated rings. The first-order valence-electron chi connectivity index (χ1n) is 33.0. The summed E-state index contributed by atoms with van der Waals surface area (Å²) in [5, 5.41) is 158. The third kappa shape index (κ3) is 20.9. The van der Waals surface area contributed by atoms with E-state index in [9.17, 15) is 90.4 Å². The van der Waals surface area contributed by atoms with Crippen molar-refractivity contribution in [3.05, 3.63) is 29.8 Å². The molecule has 0 bridgehead atoms. The van der Waals surface area contributed by atoms with Gasteiger partial charge in [0.05, 0.1) is 45.7 Å². The summed E-state index contributed by atoms with van der Waals surface area (Å²) in [6.45, 7) is 3.43. The van der Waals surface area contributed by atoms with Gasteiger partial charge < -0.3 is 155 Å². The van der Waals surface area contributed by atoms with Gasteiger partial charge in [-0.15, -0.1) is 11.8 Å². The van der Waals surface area contributed by atoms with E-state index in [0.29, 0.717) is 18.6 Å². The summed E-state index contributed by atoms with van der Waals surface area (Å²) in [4.78, 5) is 65.1. The minimum Gasteiger partial charge on any atom is -0.494 e. The topological polar surface area (TPSA) is 528 Å². The number of hydrogen-bond acceptors (Lipinski definition) is 31. The van der Waals surface area contributed by atoms with Crippen molar-refractivity contribution in [1.82, 2.24) is 26.6 Å². The number of methoxy groups -OCH3 is 1. The summed E-state index contributed by atoms with van der Waals surface area (Å²) >= 11 is 0. The SMILES string of the molecule is CCCCCCC#CCCCOc1cccc(C(=O)NC2[C@H](O[C@H]3C(O)C(NC(C)=O)[C@H](OC4C(CO)O[C@@H](O[C@H]5C(O)C(NC(C)=O)[C@H](OC6C(CO[C@@H]7OC(C)[C@@H](O)C(O)[C@H]7OC)O[C@@H](O)[C@@H](NC(C)=O)[C@H]6O)O[C@H]5CO)[C@@H](NC(C)=O)[C@H]4O)O[C@H]3CO)OC(CO)[C@@H](O)[C@@H]2O)c1. The molecule has 36 heteroatoms. The van der Waals surface area contributed by atoms with Crippen LogP contribution in [0.3, 0.4) is 0 Å². The molecule has 18 N–H and O–H groups in total. The van der Waals surface area contributed by atoms with Crippen molar-refractivity contribution >= 4 is 29.5 Å². The van der Waals surface area contributed by atoms with Gasteiger partial charge in [0.2, 0.25) is 23.6 Å². The first-order valence-corrected chi connectivity index (χ1v) is 33.0. The van der Waals surface area contributed by atoms with Crippen LogP contribution in [0.4, 0.5) is 0 Å². The van der Waals surface area contributed by atoms with Crippen LogP contribution in [0, 0.1) is 11.8 Å². The number of benzene rings is 1. The Morgan fingerprint density at radius 2 is 0.899 bits per heavy atom. The predicted molar refractivity (Wildman–Crippen MR) is 332 cm³/mol. The van der Waals surface area contributed by atoms with Crippen LogP contribution in [0.15, 0.2) is 24.3 Å². The highest BCUT2D eigenvalue weighted by Gasteiger charge is 2.58. The molecule has 6 heterocycles. The maximum absolute atomic E-state index is 13.9. The van der Waals surface area contributed by atoms with Gasteiger partial charge >= 0.3 is 0 Å². The zero-order valence-corrected chi connectivity index (χ0v) is 56.0. The summed E-state index contributed by atoms with van der Waals surface area (Å²) in [5.74, 6) is 2.59. The standard InChI is InChI=1S/C63H99N5O31/c1-8-9-10-11-12-13-14-15-16-20-88-33-19-17-18-32(21-33)57(85)68-40-46(79)45(78)34(22-69)92-59(40)96-52-35(23-70)93-60(41(48(52)81)65-29(4)74)97-53-36(24-71)94-61(42(49(53)82)66-30(5)75)98-54-37(25-72)95-62(43(50(54)83)67-31(6)76)99-55-38(91-58(86)39(47(55)80)64-28(3)73)26-89-63-56(87-7)51(84)44(77)27(2)90-63/h17-19,21,27,34-56,58-63,69-72,77-84,86H,8-12,15-16,20,22-26H2,1-7H3,(H,64,73)(H,65,74)(H,66,75)(H,67,76)(H,68,85)/t27?,34?,35-,36?,37-,38?,39-,40?,41?,42-,43?,44+,45+,46+,47+,48?,49+,50?,51?,52+,53?,54+,55?,56+,58+,59-,60-,61-,62-,63+/m0/s1. The van der Waals surface area contributed by atoms with Crippen LogP contribution in [-0.2, 0) is 76.0 Å². The van der Waals surface area contributed by atoms with Gasteiger partial charge in [0.25, 0.3) is 5.91 Å². The van der Waals surface area contributed by atoms with E-state index >= 15 is 0 Å². The second-order valence-corrected chi connectivity index (χ2v) is 25.1. The molecular formula is C63H99N5O31. The lowest BCUT2D eigenvalue weighted by Crippen LogP contribution is -2.72. The lowest BCUT2D eigenvalue weighted by atomic mass is 9.93. The molecule has 6 aliphatic rings. The summed E-state index contributed by atoms with van der Waals surface area (Å²) in [7, 11) is 1.21. The van der Waals surface area contributed by atoms with E-state index in [1.54, 1.807) is 12.1 Å². The molecule has 0 aromatic heterocycles. The predicted octanol–water partition coefficient (Wildman–Crippen LogP) is -7.27. The molecule has 562 valence electrons. The molecule has 6 aliphatic heterocycles. The highest BCUT2D eigenvalue weighted by molar-refractivity contribution is 5.94. The maximum atomic E-state index is 13.9. The molecule has 12 unspecified atom stereocenters. The van der Waals surface area contributed by atoms with Crippen molar-refractivity contribution < 1.29 is 152 Å². The van der Waals surface area contributed by atoms with Gasteiger partial charge in [-0.05, 0) is 38.0 Å². The summed E-state index contributed by atoms with van der Waals surface area (Å²) in [6.07, 6.45) is -37.0. The molecule has 99 heavy (non-hydrogen) atoms. The number of nitrogens with one attached hydrogen (secondary N) is 5. The Hall–Kier alpha value is -5.07. The number of carbonyl (C=O) groups excluding carboxylic acids is 5. The summed E-state index contributed by atoms with van der Waals surface area (Å²) in [6, 6.07) is -2.53. The van der Waals surface area contributed by atoms with E-state index in [1.165, 1.54) is 26.2 Å². The molecule has 6 saturated heterocycles. The molecule has 0 radical (unpaired) electrons. The fraction of sp³-hybridized carbons (Fsp3) is 0.794. The van der Waals surface area contributed by atoms with Gasteiger partial charge in [0, 0.05) is 53.2 Å². The van der Waals surface area contributed by atoms with Crippen molar-refractivity contribution in [3.63, 3.8) is 0 Å². The first-order chi connectivity index (χ1) is 47.2. The molecule has 1 aromatic carbocycles. The average molecular weight is 1420 g/mol. The zero-order chi connectivity index (χ0) is 72.5. The van der Waals surface area contributed by atoms with Crippen molar-refractivity contribution in [2.75, 3.05) is 46.8 Å². The Balaban J connectivity index is 1.07. The molecule has 1 aromatic rings. The number of unbranched alkanes of at least 4 members (excludes halogenated alkanes) is 5. The zero-order valence-electron chi connectivity index (χ0n) is 56.0. The molecule has 0 aliphatic carbocycles. The van der Waals surface area contributed by atoms with E-state index in [1.807, 2.05) is 0 Å². The monoisotopic (exact) mass is 1420 g/mol. The fourth-order valence-electron chi connectivity index (χ4n) is 12.5. The molecule has 0 saturated carbocycles. The number of aliphatic hydroxyl groups is 13. The molecule has 5 amide bonds. The van der Waals surface area contributed by atoms with E-state index in [-0.39, 0.29) is 12.2 Å². The number of carbonyl (C=O) groups is 5. The fourth-order valence-corrected chi connectivity index (χ4v) is 12.5. The van der Waals surface area contributed by atoms with Gasteiger partial charge in [-0.25, -0.2) is 0 Å². The van der Waals surface area contributed by atoms with Crippen LogP contribution >= 0.6 is 0 Å². The Bertz CT molecular complexity index is 2790. The molecule has 0 spiro atoms. The molecule has 30 atom stereocenters. The van der Waals surface area contributed by atoms with Crippen LogP contribution in [0.25, 0.3) is 0 Å². The lowest BCUT2D eigenvalue weighted by Gasteiger charge is -2.51. The van der Waals surface area contributed by atoms with Crippen LogP contribution in [-0.4, -0.2) is 327 Å². The van der Waals surface area contributed by atoms with E-state index < -0.39 is 246 Å². The second-order valence-electron chi connectivity index (χ2n) is 25.1. The van der Waals surface area contributed by atoms with Gasteiger partial charge in [0.1, 0.15) is 146 Å². The molecule has 7 rings (SSSR count). The van der Waals surface area contributed by atoms with E-state index in [2.05, 4.69) is 45.3 Å². The third-order valence-corrected chi connectivity index (χ3v) is 17.6. The van der Waals surface area contributed by atoms with Crippen LogP contribution < -0.4 is 31.3 Å². The normalized spacial score (nSPS) is 39.4. The average Bonchev–Trinajstić information content (AvgIpc) is 0.771. The second kappa shape index (κ2) is 38.4. The van der Waals surface area contributed by atoms with Gasteiger partial charge in [-0.3, -0.25) is 24.0 Å². The molecular weight excluding hydrogens is 1320 g/mol. The highest BCUT2D eigenvalue weighted by atomic mass is 16.8. The summed E-state index contributed by atoms with van der Waals surface area (Å²) < 4.78 is 77.9. The van der Waals surface area contributed by atoms with E-state index in [0.717, 1.165) is 59.8 Å². The lowest BCUT2D eigenvalue weighted by molar-refractivity contribution is -0.368. The third-order valence-electron chi connectivity index (χ3n) is 17.6. The number of ether oxygens (including phenoxy) is 13. The highest BCUT2D eigenvalue weighted by Crippen LogP contribution is 2.37. The van der Waals surface area contributed by atoms with Crippen LogP contribution in [0.2, 0.25) is 0 Å². The minimum atomic E-state index is -2.07. The largest absolute Gasteiger partial charge is 0.494 e. The quantitative estimate of drug-likeness (QED) is 0.0251. The minimum absolute atomic E-state index is 0.0342. The Labute approximate surface area is 571 Å². The number of amides is 5. The maximum Gasteiger partial charge on any atom is 0.251 e. The molecule has 36 nitrogen and oxygen atoms in total. The van der Waals surface area contributed by atoms with Crippen molar-refractivity contribution in [1.29, 1.82) is 0 Å².